The monoisotopic (exact) mass is 439 g/mol. The molecule has 5 rings (SSSR count). The zero-order valence-electron chi connectivity index (χ0n) is 17.7. The van der Waals surface area contributed by atoms with Gasteiger partial charge in [0.2, 0.25) is 0 Å². The Morgan fingerprint density at radius 1 is 0.844 bits per heavy atom. The van der Waals surface area contributed by atoms with Gasteiger partial charge < -0.3 is 10.2 Å². The van der Waals surface area contributed by atoms with Gasteiger partial charge >= 0.3 is 0 Å². The summed E-state index contributed by atoms with van der Waals surface area (Å²) in [4.78, 5) is 31.1. The third-order valence-electron chi connectivity index (χ3n) is 5.51. The average Bonchev–Trinajstić information content (AvgIpc) is 3.41. The summed E-state index contributed by atoms with van der Waals surface area (Å²) in [5.74, 6) is -0.682. The maximum absolute atomic E-state index is 13.6. The number of hydrogen-bond acceptors (Lipinski definition) is 5. The highest BCUT2D eigenvalue weighted by Crippen LogP contribution is 2.37. The summed E-state index contributed by atoms with van der Waals surface area (Å²) in [6, 6.07) is 25.0. The normalized spacial score (nSPS) is 13.9. The van der Waals surface area contributed by atoms with Gasteiger partial charge in [0.15, 0.2) is 0 Å². The molecular formula is C26H21N3O2S. The van der Waals surface area contributed by atoms with E-state index in [1.165, 1.54) is 16.2 Å². The van der Waals surface area contributed by atoms with Crippen molar-refractivity contribution >= 4 is 56.6 Å². The molecule has 0 radical (unpaired) electrons. The zero-order valence-corrected chi connectivity index (χ0v) is 18.5. The number of fused-ring (bicyclic) bond motifs is 1. The van der Waals surface area contributed by atoms with Crippen molar-refractivity contribution < 1.29 is 9.59 Å². The number of thiophene rings is 1. The number of anilines is 3. The summed E-state index contributed by atoms with van der Waals surface area (Å²) in [5, 5.41) is 7.26. The number of nitrogens with one attached hydrogen (secondary N) is 1. The fourth-order valence-corrected chi connectivity index (χ4v) is 4.68. The highest BCUT2D eigenvalue weighted by Gasteiger charge is 2.41. The van der Waals surface area contributed by atoms with E-state index >= 15 is 0 Å². The third-order valence-corrected chi connectivity index (χ3v) is 6.39. The average molecular weight is 440 g/mol. The first-order valence-electron chi connectivity index (χ1n) is 10.2. The number of carbonyl (C=O) groups is 2. The van der Waals surface area contributed by atoms with E-state index < -0.39 is 0 Å². The molecule has 1 aromatic heterocycles. The molecule has 3 aromatic carbocycles. The van der Waals surface area contributed by atoms with Crippen molar-refractivity contribution in [1.82, 2.24) is 0 Å². The fourth-order valence-electron chi connectivity index (χ4n) is 3.91. The molecule has 158 valence electrons. The van der Waals surface area contributed by atoms with Crippen molar-refractivity contribution in [3.63, 3.8) is 0 Å². The van der Waals surface area contributed by atoms with Gasteiger partial charge in [-0.1, -0.05) is 48.5 Å². The van der Waals surface area contributed by atoms with Crippen LogP contribution >= 0.6 is 11.3 Å². The van der Waals surface area contributed by atoms with Crippen LogP contribution in [-0.2, 0) is 9.59 Å². The van der Waals surface area contributed by atoms with Crippen molar-refractivity contribution in [1.29, 1.82) is 0 Å². The van der Waals surface area contributed by atoms with E-state index in [1.54, 1.807) is 6.07 Å². The highest BCUT2D eigenvalue weighted by molar-refractivity contribution is 7.11. The first-order valence-corrected chi connectivity index (χ1v) is 11.1. The van der Waals surface area contributed by atoms with Gasteiger partial charge in [-0.2, -0.15) is 0 Å². The summed E-state index contributed by atoms with van der Waals surface area (Å²) in [6.45, 7) is 0. The molecule has 0 aliphatic carbocycles. The Hall–Kier alpha value is -3.90. The Kier molecular flexibility index (Phi) is 4.99. The van der Waals surface area contributed by atoms with Crippen molar-refractivity contribution in [2.75, 3.05) is 29.2 Å². The maximum Gasteiger partial charge on any atom is 0.282 e. The zero-order chi connectivity index (χ0) is 22.2. The first kappa shape index (κ1) is 20.0. The van der Waals surface area contributed by atoms with Gasteiger partial charge in [0.25, 0.3) is 11.8 Å². The summed E-state index contributed by atoms with van der Waals surface area (Å²) in [7, 11) is 3.85. The number of rotatable bonds is 5. The Morgan fingerprint density at radius 2 is 1.62 bits per heavy atom. The lowest BCUT2D eigenvalue weighted by Crippen LogP contribution is -2.32. The molecule has 4 aromatic rings. The third kappa shape index (κ3) is 3.35. The fraction of sp³-hybridized carbons (Fsp3) is 0.0769. The van der Waals surface area contributed by atoms with Gasteiger partial charge in [0.05, 0.1) is 11.3 Å². The van der Waals surface area contributed by atoms with Gasteiger partial charge in [-0.15, -0.1) is 11.3 Å². The van der Waals surface area contributed by atoms with Crippen LogP contribution in [-0.4, -0.2) is 25.9 Å². The second-order valence-corrected chi connectivity index (χ2v) is 8.69. The van der Waals surface area contributed by atoms with Gasteiger partial charge in [-0.25, -0.2) is 4.90 Å². The standard InChI is InChI=1S/C26H21N3O2S/c1-28(2)18-10-6-11-19(16-18)29-25(30)23(22-14-7-15-32-22)24(26(29)31)27-21-13-5-9-17-8-3-4-12-20(17)21/h3-16,27H,1-2H3. The predicted molar refractivity (Wildman–Crippen MR) is 132 cm³/mol. The number of carbonyl (C=O) groups excluding carboxylic acids is 2. The largest absolute Gasteiger partial charge is 0.378 e. The molecule has 0 fully saturated rings. The van der Waals surface area contributed by atoms with E-state index in [9.17, 15) is 9.59 Å². The smallest absolute Gasteiger partial charge is 0.282 e. The summed E-state index contributed by atoms with van der Waals surface area (Å²) in [6.07, 6.45) is 0. The topological polar surface area (TPSA) is 52.6 Å². The molecule has 2 amide bonds. The molecule has 0 saturated heterocycles. The lowest BCUT2D eigenvalue weighted by Gasteiger charge is -2.19. The SMILES string of the molecule is CN(C)c1cccc(N2C(=O)C(Nc3cccc4ccccc34)=C(c3cccs3)C2=O)c1. The van der Waals surface area contributed by atoms with Gasteiger partial charge in [-0.05, 0) is 41.1 Å². The van der Waals surface area contributed by atoms with E-state index in [-0.39, 0.29) is 11.8 Å². The molecule has 1 aliphatic heterocycles. The number of amides is 2. The van der Waals surface area contributed by atoms with Crippen molar-refractivity contribution in [2.24, 2.45) is 0 Å². The van der Waals surface area contributed by atoms with Crippen LogP contribution in [0.5, 0.6) is 0 Å². The Bertz CT molecular complexity index is 1370. The van der Waals surface area contributed by atoms with Crippen LogP contribution in [0, 0.1) is 0 Å². The van der Waals surface area contributed by atoms with E-state index in [1.807, 2.05) is 97.2 Å². The number of hydrogen-bond donors (Lipinski definition) is 1. The summed E-state index contributed by atoms with van der Waals surface area (Å²) >= 11 is 1.44. The second kappa shape index (κ2) is 7.98. The van der Waals surface area contributed by atoms with Crippen LogP contribution in [0.1, 0.15) is 4.88 Å². The Labute approximate surface area is 190 Å². The molecule has 6 heteroatoms. The van der Waals surface area contributed by atoms with Crippen molar-refractivity contribution in [3.05, 3.63) is 94.8 Å². The van der Waals surface area contributed by atoms with Gasteiger partial charge in [-0.3, -0.25) is 9.59 Å². The van der Waals surface area contributed by atoms with E-state index in [4.69, 9.17) is 0 Å². The lowest BCUT2D eigenvalue weighted by molar-refractivity contribution is -0.120. The van der Waals surface area contributed by atoms with Crippen molar-refractivity contribution in [2.45, 2.75) is 0 Å². The molecule has 1 aliphatic rings. The molecule has 0 saturated carbocycles. The molecule has 0 unspecified atom stereocenters. The Morgan fingerprint density at radius 3 is 2.41 bits per heavy atom. The van der Waals surface area contributed by atoms with Crippen LogP contribution in [0.3, 0.4) is 0 Å². The maximum atomic E-state index is 13.6. The molecule has 1 N–H and O–H groups in total. The molecule has 0 spiro atoms. The van der Waals surface area contributed by atoms with E-state index in [0.29, 0.717) is 17.0 Å². The van der Waals surface area contributed by atoms with Crippen molar-refractivity contribution in [3.8, 4) is 0 Å². The second-order valence-electron chi connectivity index (χ2n) is 7.74. The molecule has 2 heterocycles. The summed E-state index contributed by atoms with van der Waals surface area (Å²) in [5.41, 5.74) is 2.95. The molecular weight excluding hydrogens is 418 g/mol. The van der Waals surface area contributed by atoms with Gasteiger partial charge in [0.1, 0.15) is 5.70 Å². The van der Waals surface area contributed by atoms with Crippen LogP contribution in [0.15, 0.2) is 89.9 Å². The minimum absolute atomic E-state index is 0.295. The van der Waals surface area contributed by atoms with E-state index in [2.05, 4.69) is 5.32 Å². The minimum Gasteiger partial charge on any atom is -0.378 e. The van der Waals surface area contributed by atoms with Crippen LogP contribution < -0.4 is 15.1 Å². The summed E-state index contributed by atoms with van der Waals surface area (Å²) < 4.78 is 0. The molecule has 0 atom stereocenters. The van der Waals surface area contributed by atoms with E-state index in [0.717, 1.165) is 27.0 Å². The number of imide groups is 1. The number of nitrogens with zero attached hydrogens (tertiary/aromatic N) is 2. The van der Waals surface area contributed by atoms with Gasteiger partial charge in [0, 0.05) is 35.7 Å². The van der Waals surface area contributed by atoms with Crippen LogP contribution in [0.4, 0.5) is 17.1 Å². The highest BCUT2D eigenvalue weighted by atomic mass is 32.1. The Balaban J connectivity index is 1.62. The quantitative estimate of drug-likeness (QED) is 0.425. The predicted octanol–water partition coefficient (Wildman–Crippen LogP) is 5.36. The first-order chi connectivity index (χ1) is 15.5. The van der Waals surface area contributed by atoms with Crippen LogP contribution in [0.2, 0.25) is 0 Å². The lowest BCUT2D eigenvalue weighted by atomic mass is 10.1. The molecule has 5 nitrogen and oxygen atoms in total. The van der Waals surface area contributed by atoms with Crippen LogP contribution in [0.25, 0.3) is 16.3 Å². The minimum atomic E-state index is -0.359. The molecule has 32 heavy (non-hydrogen) atoms. The molecule has 0 bridgehead atoms. The number of benzene rings is 3.